The van der Waals surface area contributed by atoms with Crippen molar-refractivity contribution in [3.8, 4) is 0 Å². The largest absolute Gasteiger partial charge is 0.381 e. The lowest BCUT2D eigenvalue weighted by atomic mass is 9.73. The van der Waals surface area contributed by atoms with Gasteiger partial charge < -0.3 is 14.8 Å². The van der Waals surface area contributed by atoms with Crippen molar-refractivity contribution in [1.82, 2.24) is 5.32 Å². The summed E-state index contributed by atoms with van der Waals surface area (Å²) in [6.07, 6.45) is 7.02. The molecule has 20 heavy (non-hydrogen) atoms. The minimum atomic E-state index is -0.299. The monoisotopic (exact) mass is 281 g/mol. The fourth-order valence-electron chi connectivity index (χ4n) is 4.06. The van der Waals surface area contributed by atoms with E-state index >= 15 is 0 Å². The molecule has 114 valence electrons. The molecule has 1 N–H and O–H groups in total. The second-order valence-corrected chi connectivity index (χ2v) is 6.91. The van der Waals surface area contributed by atoms with Gasteiger partial charge in [0.1, 0.15) is 0 Å². The van der Waals surface area contributed by atoms with Crippen LogP contribution in [0.4, 0.5) is 0 Å². The number of carbonyl (C=O) groups is 1. The highest BCUT2D eigenvalue weighted by atomic mass is 16.5. The van der Waals surface area contributed by atoms with Crippen molar-refractivity contribution in [2.45, 2.75) is 63.0 Å². The van der Waals surface area contributed by atoms with Gasteiger partial charge in [0, 0.05) is 25.7 Å². The SMILES string of the molecule is CC1(C(=O)C2CCOC3(CCOCC3)C2)CCCCN1. The van der Waals surface area contributed by atoms with E-state index in [0.717, 1.165) is 64.9 Å². The highest BCUT2D eigenvalue weighted by Gasteiger charge is 2.45. The van der Waals surface area contributed by atoms with E-state index < -0.39 is 0 Å². The Bertz CT molecular complexity index is 351. The number of piperidine rings is 1. The average Bonchev–Trinajstić information content (AvgIpc) is 2.48. The maximum atomic E-state index is 13.0. The van der Waals surface area contributed by atoms with Crippen LogP contribution in [0.2, 0.25) is 0 Å². The number of carbonyl (C=O) groups excluding carboxylic acids is 1. The highest BCUT2D eigenvalue weighted by Crippen LogP contribution is 2.39. The van der Waals surface area contributed by atoms with Crippen LogP contribution in [0.5, 0.6) is 0 Å². The first-order valence-corrected chi connectivity index (χ1v) is 8.15. The van der Waals surface area contributed by atoms with Crippen molar-refractivity contribution >= 4 is 5.78 Å². The molecular weight excluding hydrogens is 254 g/mol. The Kier molecular flexibility index (Phi) is 4.16. The number of hydrogen-bond donors (Lipinski definition) is 1. The van der Waals surface area contributed by atoms with E-state index in [2.05, 4.69) is 12.2 Å². The number of rotatable bonds is 2. The molecule has 3 heterocycles. The summed E-state index contributed by atoms with van der Waals surface area (Å²) in [7, 11) is 0. The minimum Gasteiger partial charge on any atom is -0.381 e. The number of hydrogen-bond acceptors (Lipinski definition) is 4. The Hall–Kier alpha value is -0.450. The summed E-state index contributed by atoms with van der Waals surface area (Å²) in [6, 6.07) is 0. The fourth-order valence-corrected chi connectivity index (χ4v) is 4.06. The minimum absolute atomic E-state index is 0.0815. The van der Waals surface area contributed by atoms with Gasteiger partial charge in [0.25, 0.3) is 0 Å². The van der Waals surface area contributed by atoms with Gasteiger partial charge in [-0.3, -0.25) is 4.79 Å². The summed E-state index contributed by atoms with van der Waals surface area (Å²) < 4.78 is 11.5. The smallest absolute Gasteiger partial charge is 0.155 e. The first-order valence-electron chi connectivity index (χ1n) is 8.15. The summed E-state index contributed by atoms with van der Waals surface area (Å²) in [4.78, 5) is 13.0. The van der Waals surface area contributed by atoms with Crippen molar-refractivity contribution in [2.75, 3.05) is 26.4 Å². The molecular formula is C16H27NO3. The summed E-state index contributed by atoms with van der Waals surface area (Å²) >= 11 is 0. The molecule has 2 atom stereocenters. The second-order valence-electron chi connectivity index (χ2n) is 6.91. The van der Waals surface area contributed by atoms with Gasteiger partial charge in [0.2, 0.25) is 0 Å². The van der Waals surface area contributed by atoms with Crippen molar-refractivity contribution < 1.29 is 14.3 Å². The van der Waals surface area contributed by atoms with Crippen LogP contribution in [0.1, 0.15) is 51.9 Å². The zero-order chi connectivity index (χ0) is 14.1. The first-order chi connectivity index (χ1) is 9.64. The molecule has 3 fully saturated rings. The number of ketones is 1. The van der Waals surface area contributed by atoms with Gasteiger partial charge in [0.05, 0.1) is 11.1 Å². The van der Waals surface area contributed by atoms with Crippen LogP contribution in [-0.2, 0) is 14.3 Å². The van der Waals surface area contributed by atoms with Crippen molar-refractivity contribution in [1.29, 1.82) is 0 Å². The lowest BCUT2D eigenvalue weighted by Gasteiger charge is -2.45. The molecule has 3 saturated heterocycles. The Labute approximate surface area is 121 Å². The van der Waals surface area contributed by atoms with Gasteiger partial charge in [-0.2, -0.15) is 0 Å². The third-order valence-electron chi connectivity index (χ3n) is 5.43. The molecule has 4 heteroatoms. The predicted octanol–water partition coefficient (Wildman–Crippen LogP) is 2.06. The normalized spacial score (nSPS) is 37.8. The predicted molar refractivity (Wildman–Crippen MR) is 76.7 cm³/mol. The third-order valence-corrected chi connectivity index (χ3v) is 5.43. The van der Waals surface area contributed by atoms with Crippen LogP contribution in [0.3, 0.4) is 0 Å². The second kappa shape index (κ2) is 5.74. The maximum Gasteiger partial charge on any atom is 0.155 e. The van der Waals surface area contributed by atoms with Crippen LogP contribution in [-0.4, -0.2) is 43.3 Å². The molecule has 4 nitrogen and oxygen atoms in total. The third kappa shape index (κ3) is 2.78. The molecule has 3 rings (SSSR count). The molecule has 3 aliphatic heterocycles. The molecule has 1 spiro atoms. The van der Waals surface area contributed by atoms with E-state index in [1.807, 2.05) is 0 Å². The molecule has 0 aliphatic carbocycles. The Balaban J connectivity index is 1.68. The summed E-state index contributed by atoms with van der Waals surface area (Å²) in [5.41, 5.74) is -0.380. The highest BCUT2D eigenvalue weighted by molar-refractivity contribution is 5.90. The Morgan fingerprint density at radius 3 is 2.65 bits per heavy atom. The van der Waals surface area contributed by atoms with Crippen LogP contribution in [0.25, 0.3) is 0 Å². The van der Waals surface area contributed by atoms with Crippen molar-refractivity contribution in [3.63, 3.8) is 0 Å². The zero-order valence-electron chi connectivity index (χ0n) is 12.6. The van der Waals surface area contributed by atoms with Crippen LogP contribution in [0.15, 0.2) is 0 Å². The van der Waals surface area contributed by atoms with Crippen molar-refractivity contribution in [3.05, 3.63) is 0 Å². The van der Waals surface area contributed by atoms with Gasteiger partial charge in [0.15, 0.2) is 5.78 Å². The van der Waals surface area contributed by atoms with Gasteiger partial charge in [-0.05, 0) is 58.4 Å². The van der Waals surface area contributed by atoms with Crippen LogP contribution >= 0.6 is 0 Å². The van der Waals surface area contributed by atoms with E-state index in [1.165, 1.54) is 6.42 Å². The van der Waals surface area contributed by atoms with Gasteiger partial charge >= 0.3 is 0 Å². The number of ether oxygens (including phenoxy) is 2. The fraction of sp³-hybridized carbons (Fsp3) is 0.938. The molecule has 0 bridgehead atoms. The standard InChI is InChI=1S/C16H27NO3/c1-15(5-2-3-8-17-15)14(18)13-4-9-20-16(12-13)6-10-19-11-7-16/h13,17H,2-12H2,1H3. The van der Waals surface area contributed by atoms with Gasteiger partial charge in [-0.1, -0.05) is 0 Å². The lowest BCUT2D eigenvalue weighted by molar-refractivity contribution is -0.160. The Morgan fingerprint density at radius 1 is 1.15 bits per heavy atom. The topological polar surface area (TPSA) is 47.6 Å². The van der Waals surface area contributed by atoms with Gasteiger partial charge in [-0.25, -0.2) is 0 Å². The molecule has 0 aromatic carbocycles. The summed E-state index contributed by atoms with van der Waals surface area (Å²) in [5, 5.41) is 3.47. The lowest BCUT2D eigenvalue weighted by Crippen LogP contribution is -2.56. The molecule has 2 unspecified atom stereocenters. The summed E-state index contributed by atoms with van der Waals surface area (Å²) in [6.45, 7) is 5.35. The maximum absolute atomic E-state index is 13.0. The summed E-state index contributed by atoms with van der Waals surface area (Å²) in [5.74, 6) is 0.587. The molecule has 0 aromatic rings. The first kappa shape index (κ1) is 14.5. The molecule has 0 saturated carbocycles. The van der Waals surface area contributed by atoms with Crippen LogP contribution < -0.4 is 5.32 Å². The van der Waals surface area contributed by atoms with E-state index in [-0.39, 0.29) is 17.1 Å². The van der Waals surface area contributed by atoms with E-state index in [0.29, 0.717) is 5.78 Å². The van der Waals surface area contributed by atoms with Crippen LogP contribution in [0, 0.1) is 5.92 Å². The quantitative estimate of drug-likeness (QED) is 0.841. The van der Waals surface area contributed by atoms with E-state index in [9.17, 15) is 4.79 Å². The average molecular weight is 281 g/mol. The number of nitrogens with one attached hydrogen (secondary N) is 1. The molecule has 0 aromatic heterocycles. The number of Topliss-reactive ketones (excluding diaryl/α,β-unsaturated/α-hetero) is 1. The van der Waals surface area contributed by atoms with Gasteiger partial charge in [-0.15, -0.1) is 0 Å². The Morgan fingerprint density at radius 2 is 1.95 bits per heavy atom. The van der Waals surface area contributed by atoms with Crippen molar-refractivity contribution in [2.24, 2.45) is 5.92 Å². The molecule has 0 radical (unpaired) electrons. The van der Waals surface area contributed by atoms with E-state index in [4.69, 9.17) is 9.47 Å². The zero-order valence-corrected chi connectivity index (χ0v) is 12.6. The van der Waals surface area contributed by atoms with E-state index in [1.54, 1.807) is 0 Å². The molecule has 3 aliphatic rings. The molecule has 0 amide bonds.